The largest absolute Gasteiger partial charge is 0.256 e. The molecule has 228 valence electrons. The molecule has 0 saturated carbocycles. The molecule has 7 aromatic carbocycles. The fourth-order valence-electron chi connectivity index (χ4n) is 6.78. The first-order chi connectivity index (χ1) is 24.2. The van der Waals surface area contributed by atoms with Gasteiger partial charge >= 0.3 is 0 Å². The second-order valence-electron chi connectivity index (χ2n) is 12.1. The normalized spacial score (nSPS) is 11.2. The average Bonchev–Trinajstić information content (AvgIpc) is 3.62. The molecule has 49 heavy (non-hydrogen) atoms. The Bertz CT molecular complexity index is 2680. The number of hydrogen-bond acceptors (Lipinski definition) is 4. The van der Waals surface area contributed by atoms with Crippen molar-refractivity contribution < 1.29 is 0 Å². The van der Waals surface area contributed by atoms with Gasteiger partial charge in [-0.3, -0.25) is 4.98 Å². The van der Waals surface area contributed by atoms with Crippen LogP contribution >= 0.6 is 11.3 Å². The van der Waals surface area contributed by atoms with Gasteiger partial charge in [-0.05, 0) is 86.1 Å². The van der Waals surface area contributed by atoms with Crippen molar-refractivity contribution in [2.24, 2.45) is 0 Å². The number of pyridine rings is 1. The zero-order valence-electron chi connectivity index (χ0n) is 26.3. The predicted octanol–water partition coefficient (Wildman–Crippen LogP) is 12.2. The summed E-state index contributed by atoms with van der Waals surface area (Å²) >= 11 is 1.72. The monoisotopic (exact) mass is 641 g/mol. The molecule has 4 heteroatoms. The first kappa shape index (κ1) is 28.8. The van der Waals surface area contributed by atoms with E-state index in [0.717, 1.165) is 71.3 Å². The van der Waals surface area contributed by atoms with Gasteiger partial charge in [-0.1, -0.05) is 121 Å². The maximum absolute atomic E-state index is 10.1. The number of nitrogens with zero attached hydrogens (tertiary/aromatic N) is 3. The van der Waals surface area contributed by atoms with E-state index in [0.29, 0.717) is 5.56 Å². The smallest absolute Gasteiger partial charge is 0.124 e. The molecule has 0 unspecified atom stereocenters. The third-order valence-electron chi connectivity index (χ3n) is 9.20. The Morgan fingerprint density at radius 1 is 0.490 bits per heavy atom. The summed E-state index contributed by atoms with van der Waals surface area (Å²) in [5, 5.41) is 14.5. The van der Waals surface area contributed by atoms with Crippen molar-refractivity contribution in [2.75, 3.05) is 0 Å². The lowest BCUT2D eigenvalue weighted by Crippen LogP contribution is -1.89. The summed E-state index contributed by atoms with van der Waals surface area (Å²) in [4.78, 5) is 9.49. The Balaban J connectivity index is 1.08. The minimum atomic E-state index is 0.633. The van der Waals surface area contributed by atoms with Crippen molar-refractivity contribution in [3.05, 3.63) is 169 Å². The molecular weight excluding hydrogens is 615 g/mol. The first-order valence-electron chi connectivity index (χ1n) is 16.2. The van der Waals surface area contributed by atoms with Gasteiger partial charge in [-0.2, -0.15) is 5.26 Å². The van der Waals surface area contributed by atoms with Gasteiger partial charge in [0.05, 0.1) is 27.4 Å². The molecule has 9 aromatic rings. The lowest BCUT2D eigenvalue weighted by molar-refractivity contribution is 1.41. The van der Waals surface area contributed by atoms with Crippen LogP contribution in [-0.4, -0.2) is 9.97 Å². The molecule has 2 heterocycles. The molecule has 0 radical (unpaired) electrons. The number of nitriles is 1. The molecule has 0 spiro atoms. The van der Waals surface area contributed by atoms with E-state index in [9.17, 15) is 5.26 Å². The Morgan fingerprint density at radius 3 is 1.88 bits per heavy atom. The van der Waals surface area contributed by atoms with Gasteiger partial charge in [0.1, 0.15) is 5.01 Å². The van der Waals surface area contributed by atoms with Gasteiger partial charge in [-0.15, -0.1) is 11.3 Å². The van der Waals surface area contributed by atoms with Crippen molar-refractivity contribution in [2.45, 2.75) is 0 Å². The highest BCUT2D eigenvalue weighted by Gasteiger charge is 2.14. The van der Waals surface area contributed by atoms with E-state index >= 15 is 0 Å². The molecule has 3 nitrogen and oxygen atoms in total. The molecule has 9 rings (SSSR count). The highest BCUT2D eigenvalue weighted by atomic mass is 32.1. The van der Waals surface area contributed by atoms with Crippen LogP contribution in [0.25, 0.3) is 87.0 Å². The third kappa shape index (κ3) is 5.23. The second-order valence-corrected chi connectivity index (χ2v) is 13.2. The van der Waals surface area contributed by atoms with Crippen LogP contribution < -0.4 is 0 Å². The molecule has 0 N–H and O–H groups in total. The predicted molar refractivity (Wildman–Crippen MR) is 204 cm³/mol. The van der Waals surface area contributed by atoms with Gasteiger partial charge in [0.2, 0.25) is 0 Å². The quantitative estimate of drug-likeness (QED) is 0.188. The summed E-state index contributed by atoms with van der Waals surface area (Å²) in [6.07, 6.45) is 1.84. The van der Waals surface area contributed by atoms with Crippen LogP contribution in [0.1, 0.15) is 5.56 Å². The van der Waals surface area contributed by atoms with Gasteiger partial charge in [0.15, 0.2) is 0 Å². The van der Waals surface area contributed by atoms with Crippen LogP contribution in [0.3, 0.4) is 0 Å². The topological polar surface area (TPSA) is 49.6 Å². The Morgan fingerprint density at radius 2 is 1.12 bits per heavy atom. The Kier molecular flexibility index (Phi) is 7.04. The summed E-state index contributed by atoms with van der Waals surface area (Å²) < 4.78 is 1.20. The molecule has 0 saturated heterocycles. The highest BCUT2D eigenvalue weighted by molar-refractivity contribution is 7.21. The second kappa shape index (κ2) is 12.0. The summed E-state index contributed by atoms with van der Waals surface area (Å²) in [5.74, 6) is 0. The number of aromatic nitrogens is 2. The highest BCUT2D eigenvalue weighted by Crippen LogP contribution is 2.39. The van der Waals surface area contributed by atoms with Gasteiger partial charge < -0.3 is 0 Å². The molecule has 0 aliphatic heterocycles. The van der Waals surface area contributed by atoms with E-state index in [1.165, 1.54) is 15.6 Å². The summed E-state index contributed by atoms with van der Waals surface area (Å²) in [5.41, 5.74) is 12.5. The fourth-order valence-corrected chi connectivity index (χ4v) is 7.76. The molecule has 0 fully saturated rings. The summed E-state index contributed by atoms with van der Waals surface area (Å²) in [6, 6.07) is 57.4. The maximum Gasteiger partial charge on any atom is 0.124 e. The van der Waals surface area contributed by atoms with Crippen LogP contribution in [0, 0.1) is 11.3 Å². The zero-order chi connectivity index (χ0) is 32.7. The number of benzene rings is 7. The first-order valence-corrected chi connectivity index (χ1v) is 17.0. The van der Waals surface area contributed by atoms with Crippen LogP contribution in [0.15, 0.2) is 164 Å². The van der Waals surface area contributed by atoms with Crippen molar-refractivity contribution in [1.29, 1.82) is 5.26 Å². The average molecular weight is 642 g/mol. The van der Waals surface area contributed by atoms with Crippen molar-refractivity contribution >= 4 is 43.2 Å². The molecule has 0 atom stereocenters. The van der Waals surface area contributed by atoms with Crippen LogP contribution in [0.2, 0.25) is 0 Å². The van der Waals surface area contributed by atoms with E-state index in [4.69, 9.17) is 4.98 Å². The summed E-state index contributed by atoms with van der Waals surface area (Å²) in [6.45, 7) is 0. The minimum Gasteiger partial charge on any atom is -0.256 e. The van der Waals surface area contributed by atoms with E-state index < -0.39 is 0 Å². The lowest BCUT2D eigenvalue weighted by Gasteiger charge is -2.14. The number of fused-ring (bicyclic) bond motifs is 3. The molecule has 0 bridgehead atoms. The van der Waals surface area contributed by atoms with E-state index in [2.05, 4.69) is 145 Å². The van der Waals surface area contributed by atoms with Crippen molar-refractivity contribution in [3.63, 3.8) is 0 Å². The standard InChI is InChI=1S/C45H27N3S/c46-28-29-25-35(30-14-16-32(17-15-30)39-11-5-7-33-8-6-24-47-44(33)39)27-36(26-29)38-23-22-37(40-9-1-2-10-41(38)40)31-18-20-34(21-19-31)45-48-42-12-3-4-13-43(42)49-45/h1-27H. The van der Waals surface area contributed by atoms with Gasteiger partial charge in [0, 0.05) is 22.7 Å². The fraction of sp³-hybridized carbons (Fsp3) is 0. The Hall–Kier alpha value is -6.41. The van der Waals surface area contributed by atoms with Crippen LogP contribution in [0.5, 0.6) is 0 Å². The van der Waals surface area contributed by atoms with Gasteiger partial charge in [0.25, 0.3) is 0 Å². The Labute approximate surface area is 288 Å². The van der Waals surface area contributed by atoms with Crippen LogP contribution in [-0.2, 0) is 0 Å². The van der Waals surface area contributed by atoms with Crippen molar-refractivity contribution in [3.8, 4) is 61.1 Å². The molecule has 2 aromatic heterocycles. The van der Waals surface area contributed by atoms with Crippen LogP contribution in [0.4, 0.5) is 0 Å². The minimum absolute atomic E-state index is 0.633. The third-order valence-corrected chi connectivity index (χ3v) is 10.3. The molecular formula is C45H27N3S. The molecule has 0 amide bonds. The number of thiazole rings is 1. The summed E-state index contributed by atoms with van der Waals surface area (Å²) in [7, 11) is 0. The zero-order valence-corrected chi connectivity index (χ0v) is 27.2. The molecule has 0 aliphatic rings. The number of hydrogen-bond donors (Lipinski definition) is 0. The lowest BCUT2D eigenvalue weighted by atomic mass is 9.89. The van der Waals surface area contributed by atoms with E-state index in [1.807, 2.05) is 30.5 Å². The van der Waals surface area contributed by atoms with E-state index in [1.54, 1.807) is 11.3 Å². The SMILES string of the molecule is N#Cc1cc(-c2ccc(-c3cccc4cccnc34)cc2)cc(-c2ccc(-c3ccc(-c4nc5ccccc5s4)cc3)c3ccccc23)c1. The van der Waals surface area contributed by atoms with Crippen molar-refractivity contribution in [1.82, 2.24) is 9.97 Å². The van der Waals surface area contributed by atoms with Gasteiger partial charge in [-0.25, -0.2) is 4.98 Å². The van der Waals surface area contributed by atoms with E-state index in [-0.39, 0.29) is 0 Å². The number of rotatable bonds is 5. The number of para-hydroxylation sites is 2. The maximum atomic E-state index is 10.1. The molecule has 0 aliphatic carbocycles.